The van der Waals surface area contributed by atoms with Crippen LogP contribution in [0, 0.1) is 0 Å². The zero-order valence-electron chi connectivity index (χ0n) is 9.89. The topological polar surface area (TPSA) is 90.4 Å². The van der Waals surface area contributed by atoms with Crippen LogP contribution in [-0.2, 0) is 12.8 Å². The quantitative estimate of drug-likeness (QED) is 0.744. The maximum atomic E-state index is 12.4. The lowest BCUT2D eigenvalue weighted by Crippen LogP contribution is -2.19. The molecule has 0 aliphatic heterocycles. The van der Waals surface area contributed by atoms with Gasteiger partial charge in [0.2, 0.25) is 0 Å². The van der Waals surface area contributed by atoms with Crippen molar-refractivity contribution in [1.29, 1.82) is 0 Å². The van der Waals surface area contributed by atoms with Crippen molar-refractivity contribution in [2.45, 2.75) is 25.2 Å². The van der Waals surface area contributed by atoms with Gasteiger partial charge in [0.25, 0.3) is 0 Å². The van der Waals surface area contributed by atoms with E-state index in [9.17, 15) is 35.9 Å². The van der Waals surface area contributed by atoms with Gasteiger partial charge in [-0.25, -0.2) is 9.59 Å². The van der Waals surface area contributed by atoms with Crippen molar-refractivity contribution in [3.63, 3.8) is 0 Å². The molecule has 0 radical (unpaired) electrons. The van der Waals surface area contributed by atoms with Crippen LogP contribution in [0.15, 0.2) is 0 Å². The van der Waals surface area contributed by atoms with E-state index in [1.165, 1.54) is 0 Å². The molecule has 0 unspecified atom stereocenters. The van der Waals surface area contributed by atoms with Gasteiger partial charge in [0.1, 0.15) is 11.4 Å². The Hall–Kier alpha value is -2.20. The summed E-state index contributed by atoms with van der Waals surface area (Å²) in [5.74, 6) is -3.96. The van der Waals surface area contributed by atoms with Crippen LogP contribution in [0.25, 0.3) is 0 Å². The van der Waals surface area contributed by atoms with Gasteiger partial charge in [-0.15, -0.1) is 0 Å². The van der Waals surface area contributed by atoms with Crippen molar-refractivity contribution in [2.24, 2.45) is 0 Å². The second kappa shape index (κ2) is 5.30. The summed E-state index contributed by atoms with van der Waals surface area (Å²) in [5.41, 5.74) is -4.90. The molecule has 0 fully saturated rings. The van der Waals surface area contributed by atoms with Crippen LogP contribution >= 0.6 is 0 Å². The highest BCUT2D eigenvalue weighted by Gasteiger charge is 2.39. The fourth-order valence-corrected chi connectivity index (χ4v) is 1.73. The van der Waals surface area contributed by atoms with Crippen LogP contribution < -0.4 is 0 Å². The smallest absolute Gasteiger partial charge is 0.393 e. The average Bonchev–Trinajstić information content (AvgIpc) is 2.52. The molecule has 0 saturated carbocycles. The van der Waals surface area contributed by atoms with Gasteiger partial charge >= 0.3 is 24.3 Å². The molecule has 0 amide bonds. The molecule has 11 heteroatoms. The van der Waals surface area contributed by atoms with Crippen LogP contribution in [0.4, 0.5) is 26.3 Å². The third-order valence-corrected chi connectivity index (χ3v) is 2.40. The first kappa shape index (κ1) is 16.9. The highest BCUT2D eigenvalue weighted by Crippen LogP contribution is 2.32. The van der Waals surface area contributed by atoms with E-state index in [-0.39, 0.29) is 0 Å². The number of H-pyrrole nitrogens is 1. The van der Waals surface area contributed by atoms with Crippen LogP contribution in [0.2, 0.25) is 0 Å². The van der Waals surface area contributed by atoms with E-state index >= 15 is 0 Å². The lowest BCUT2D eigenvalue weighted by molar-refractivity contribution is -0.132. The van der Waals surface area contributed by atoms with Crippen molar-refractivity contribution < 1.29 is 46.1 Å². The molecule has 21 heavy (non-hydrogen) atoms. The van der Waals surface area contributed by atoms with E-state index in [1.54, 1.807) is 4.98 Å². The average molecular weight is 319 g/mol. The molecule has 0 saturated heterocycles. The SMILES string of the molecule is O=C(O)c1[nH]c(C(=O)O)c(CC(F)(F)F)c1CC(F)(F)F. The number of aromatic carboxylic acids is 2. The Balaban J connectivity index is 3.53. The summed E-state index contributed by atoms with van der Waals surface area (Å²) in [6.07, 6.45) is -14.0. The normalized spacial score (nSPS) is 12.5. The summed E-state index contributed by atoms with van der Waals surface area (Å²) in [4.78, 5) is 23.2. The second-order valence-corrected chi connectivity index (χ2v) is 4.03. The molecular formula is C10H7F6NO4. The van der Waals surface area contributed by atoms with E-state index in [1.807, 2.05) is 0 Å². The largest absolute Gasteiger partial charge is 0.477 e. The monoisotopic (exact) mass is 319 g/mol. The van der Waals surface area contributed by atoms with Crippen LogP contribution in [0.3, 0.4) is 0 Å². The number of alkyl halides is 6. The van der Waals surface area contributed by atoms with Gasteiger partial charge < -0.3 is 15.2 Å². The van der Waals surface area contributed by atoms with E-state index in [4.69, 9.17) is 10.2 Å². The number of aromatic nitrogens is 1. The fraction of sp³-hybridized carbons (Fsp3) is 0.400. The first-order valence-corrected chi connectivity index (χ1v) is 5.15. The number of carboxylic acids is 2. The van der Waals surface area contributed by atoms with Crippen molar-refractivity contribution >= 4 is 11.9 Å². The van der Waals surface area contributed by atoms with Crippen LogP contribution in [0.5, 0.6) is 0 Å². The maximum absolute atomic E-state index is 12.4. The molecule has 0 aliphatic rings. The summed E-state index contributed by atoms with van der Waals surface area (Å²) < 4.78 is 74.2. The molecule has 0 atom stereocenters. The zero-order valence-corrected chi connectivity index (χ0v) is 9.89. The Morgan fingerprint density at radius 3 is 1.29 bits per heavy atom. The third kappa shape index (κ3) is 4.39. The molecular weight excluding hydrogens is 312 g/mol. The van der Waals surface area contributed by atoms with Gasteiger partial charge in [0.15, 0.2) is 0 Å². The molecule has 5 nitrogen and oxygen atoms in total. The number of carboxylic acid groups (broad SMARTS) is 2. The molecule has 1 aromatic rings. The number of aromatic amines is 1. The molecule has 118 valence electrons. The van der Waals surface area contributed by atoms with E-state index in [0.29, 0.717) is 0 Å². The number of nitrogens with one attached hydrogen (secondary N) is 1. The molecule has 1 heterocycles. The van der Waals surface area contributed by atoms with E-state index in [0.717, 1.165) is 0 Å². The van der Waals surface area contributed by atoms with Crippen molar-refractivity contribution in [3.8, 4) is 0 Å². The molecule has 1 rings (SSSR count). The summed E-state index contributed by atoms with van der Waals surface area (Å²) in [7, 11) is 0. The Bertz CT molecular complexity index is 523. The van der Waals surface area contributed by atoms with E-state index < -0.39 is 59.6 Å². The van der Waals surface area contributed by atoms with Gasteiger partial charge in [-0.2, -0.15) is 26.3 Å². The van der Waals surface area contributed by atoms with Crippen molar-refractivity contribution in [1.82, 2.24) is 4.98 Å². The summed E-state index contributed by atoms with van der Waals surface area (Å²) in [5, 5.41) is 17.4. The van der Waals surface area contributed by atoms with E-state index in [2.05, 4.69) is 0 Å². The number of hydrogen-bond donors (Lipinski definition) is 3. The Morgan fingerprint density at radius 2 is 1.10 bits per heavy atom. The van der Waals surface area contributed by atoms with Gasteiger partial charge in [-0.3, -0.25) is 0 Å². The van der Waals surface area contributed by atoms with Crippen LogP contribution in [-0.4, -0.2) is 39.5 Å². The number of halogens is 6. The molecule has 0 aromatic carbocycles. The summed E-state index contributed by atoms with van der Waals surface area (Å²) in [6, 6.07) is 0. The Labute approximate surface area is 112 Å². The maximum Gasteiger partial charge on any atom is 0.393 e. The van der Waals surface area contributed by atoms with Crippen molar-refractivity contribution in [3.05, 3.63) is 22.5 Å². The Morgan fingerprint density at radius 1 is 0.810 bits per heavy atom. The minimum atomic E-state index is -5.00. The van der Waals surface area contributed by atoms with Gasteiger partial charge in [0.05, 0.1) is 12.8 Å². The lowest BCUT2D eigenvalue weighted by atomic mass is 10.0. The highest BCUT2D eigenvalue weighted by atomic mass is 19.4. The molecule has 3 N–H and O–H groups in total. The summed E-state index contributed by atoms with van der Waals surface area (Å²) >= 11 is 0. The number of carbonyl (C=O) groups is 2. The minimum Gasteiger partial charge on any atom is -0.477 e. The van der Waals surface area contributed by atoms with Crippen molar-refractivity contribution in [2.75, 3.05) is 0 Å². The Kier molecular flexibility index (Phi) is 4.25. The minimum absolute atomic E-state index is 1.22. The first-order chi connectivity index (χ1) is 9.32. The fourth-order valence-electron chi connectivity index (χ4n) is 1.73. The third-order valence-electron chi connectivity index (χ3n) is 2.40. The van der Waals surface area contributed by atoms with Gasteiger partial charge in [-0.05, 0) is 11.1 Å². The highest BCUT2D eigenvalue weighted by molar-refractivity contribution is 5.94. The molecule has 0 bridgehead atoms. The number of hydrogen-bond acceptors (Lipinski definition) is 2. The first-order valence-electron chi connectivity index (χ1n) is 5.15. The number of rotatable bonds is 4. The van der Waals surface area contributed by atoms with Gasteiger partial charge in [0, 0.05) is 0 Å². The zero-order chi connectivity index (χ0) is 16.6. The van der Waals surface area contributed by atoms with Crippen LogP contribution in [0.1, 0.15) is 32.1 Å². The molecule has 0 aliphatic carbocycles. The summed E-state index contributed by atoms with van der Waals surface area (Å²) in [6.45, 7) is 0. The predicted octanol–water partition coefficient (Wildman–Crippen LogP) is 2.62. The van der Waals surface area contributed by atoms with Gasteiger partial charge in [-0.1, -0.05) is 0 Å². The second-order valence-electron chi connectivity index (χ2n) is 4.03. The molecule has 0 spiro atoms. The predicted molar refractivity (Wildman–Crippen MR) is 54.2 cm³/mol. The lowest BCUT2D eigenvalue weighted by Gasteiger charge is -2.11. The standard InChI is InChI=1S/C10H7F6NO4/c11-9(12,13)1-3-4(2-10(14,15)16)6(8(20)21)17-5(3)7(18)19/h17H,1-2H2,(H,18,19)(H,20,21). The molecule has 1 aromatic heterocycles.